The molecule has 4 heteroatoms. The Labute approximate surface area is 460 Å². The highest BCUT2D eigenvalue weighted by molar-refractivity contribution is 6.14. The number of hydrogen-bond donors (Lipinski definition) is 0. The van der Waals surface area contributed by atoms with Crippen molar-refractivity contribution in [2.75, 3.05) is 0 Å². The van der Waals surface area contributed by atoms with Gasteiger partial charge >= 0.3 is 0 Å². The average molecular weight is 1020 g/mol. The molecule has 0 saturated carbocycles. The monoisotopic (exact) mass is 1010 g/mol. The highest BCUT2D eigenvalue weighted by Gasteiger charge is 2.22. The Hall–Kier alpha value is -9.90. The standard InChI is InChI=1S/C67H44N4.C8H14/c1-3-18-48(19-4-1)68-60-28-11-7-25-53(60)57-40-45(33-36-65(57)68)44-17-15-32-64-56(39-44)52-24-9-13-30-62(52)70(64)50-22-16-23-51(43-50)71-63-31-14-10-27-55(63)59-42-47(35-38-67(59)71)46-34-37-66-58(41-46)54-26-8-12-29-61(54)69(66)49-20-5-2-6-21-49;1-3-5-7-8-6-4-2/h1-16,18-43H,17H2;3-6H,7-8H2,1-2H3/b;5-3-,6-4-. The fourth-order valence-corrected chi connectivity index (χ4v) is 12.4. The van der Waals surface area contributed by atoms with Crippen molar-refractivity contribution in [2.24, 2.45) is 0 Å². The molecule has 0 fully saturated rings. The van der Waals surface area contributed by atoms with Crippen LogP contribution >= 0.6 is 0 Å². The minimum absolute atomic E-state index is 0.833. The number of fused-ring (bicyclic) bond motifs is 12. The van der Waals surface area contributed by atoms with Gasteiger partial charge in [-0.2, -0.15) is 0 Å². The number of hydrogen-bond acceptors (Lipinski definition) is 0. The maximum atomic E-state index is 2.46. The quantitative estimate of drug-likeness (QED) is 0.101. The number of nitrogens with zero attached hydrogens (tertiary/aromatic N) is 4. The molecular formula is C75H58N4. The summed E-state index contributed by atoms with van der Waals surface area (Å²) in [6, 6.07) is 86.7. The molecule has 15 rings (SSSR count). The molecule has 4 aromatic heterocycles. The van der Waals surface area contributed by atoms with E-state index in [-0.39, 0.29) is 0 Å². The summed E-state index contributed by atoms with van der Waals surface area (Å²) in [4.78, 5) is 0. The van der Waals surface area contributed by atoms with Crippen LogP contribution in [0.5, 0.6) is 0 Å². The van der Waals surface area contributed by atoms with E-state index >= 15 is 0 Å². The minimum Gasteiger partial charge on any atom is -0.309 e. The van der Waals surface area contributed by atoms with Crippen molar-refractivity contribution in [3.05, 3.63) is 284 Å². The summed E-state index contributed by atoms with van der Waals surface area (Å²) in [5.41, 5.74) is 20.4. The zero-order chi connectivity index (χ0) is 52.8. The molecule has 0 amide bonds. The summed E-state index contributed by atoms with van der Waals surface area (Å²) in [5, 5.41) is 8.75. The first-order chi connectivity index (χ1) is 39.1. The van der Waals surface area contributed by atoms with Crippen LogP contribution in [0.3, 0.4) is 0 Å². The second-order valence-electron chi connectivity index (χ2n) is 20.6. The lowest BCUT2D eigenvalue weighted by Gasteiger charge is -2.13. The molecule has 378 valence electrons. The molecule has 0 N–H and O–H groups in total. The lowest BCUT2D eigenvalue weighted by molar-refractivity contribution is 1.05. The molecule has 79 heavy (non-hydrogen) atoms. The lowest BCUT2D eigenvalue weighted by atomic mass is 9.98. The average Bonchev–Trinajstić information content (AvgIpc) is 4.34. The van der Waals surface area contributed by atoms with Crippen LogP contribution in [0.1, 0.15) is 49.9 Å². The number of allylic oxidation sites excluding steroid dienone is 6. The van der Waals surface area contributed by atoms with E-state index in [0.29, 0.717) is 0 Å². The van der Waals surface area contributed by atoms with E-state index in [1.165, 1.54) is 134 Å². The van der Waals surface area contributed by atoms with E-state index in [0.717, 1.165) is 17.8 Å². The Bertz CT molecular complexity index is 4750. The summed E-state index contributed by atoms with van der Waals surface area (Å²) in [7, 11) is 0. The van der Waals surface area contributed by atoms with Gasteiger partial charge in [0.2, 0.25) is 0 Å². The molecule has 10 aromatic carbocycles. The van der Waals surface area contributed by atoms with Gasteiger partial charge in [-0.05, 0) is 171 Å². The predicted octanol–water partition coefficient (Wildman–Crippen LogP) is 20.5. The van der Waals surface area contributed by atoms with Crippen molar-refractivity contribution in [3.63, 3.8) is 0 Å². The fraction of sp³-hybridized carbons (Fsp3) is 0.0667. The van der Waals surface area contributed by atoms with E-state index < -0.39 is 0 Å². The van der Waals surface area contributed by atoms with Gasteiger partial charge in [0.1, 0.15) is 0 Å². The van der Waals surface area contributed by atoms with Crippen molar-refractivity contribution >= 4 is 94.0 Å². The van der Waals surface area contributed by atoms with Gasteiger partial charge in [-0.15, -0.1) is 0 Å². The molecule has 4 nitrogen and oxygen atoms in total. The maximum absolute atomic E-state index is 2.46. The summed E-state index contributed by atoms with van der Waals surface area (Å²) >= 11 is 0. The number of para-hydroxylation sites is 6. The van der Waals surface area contributed by atoms with E-state index in [9.17, 15) is 0 Å². The van der Waals surface area contributed by atoms with E-state index in [2.05, 4.69) is 311 Å². The second-order valence-corrected chi connectivity index (χ2v) is 20.6. The zero-order valence-electron chi connectivity index (χ0n) is 44.5. The molecule has 0 atom stereocenters. The molecule has 0 radical (unpaired) electrons. The van der Waals surface area contributed by atoms with E-state index in [4.69, 9.17) is 0 Å². The minimum atomic E-state index is 0.833. The first-order valence-electron chi connectivity index (χ1n) is 27.7. The number of benzene rings is 10. The Kier molecular flexibility index (Phi) is 12.2. The van der Waals surface area contributed by atoms with Crippen molar-refractivity contribution in [2.45, 2.75) is 33.1 Å². The SMILES string of the molecule is C/C=C\CC/C=C\C.C1=Cc2c(c3ccccc3n2-c2cccc(-n3c4ccccc4c4cc(-c5ccc6c(c5)c5ccccc5n6-c5ccccc5)ccc43)c2)C=C(c2ccc3c(c2)c2ccccc2n3-c2ccccc2)C1. The zero-order valence-corrected chi connectivity index (χ0v) is 44.5. The highest BCUT2D eigenvalue weighted by Crippen LogP contribution is 2.42. The molecule has 0 bridgehead atoms. The van der Waals surface area contributed by atoms with Crippen LogP contribution in [-0.2, 0) is 0 Å². The highest BCUT2D eigenvalue weighted by atomic mass is 15.0. The topological polar surface area (TPSA) is 19.7 Å². The van der Waals surface area contributed by atoms with Gasteiger partial charge in [-0.1, -0.05) is 164 Å². The third kappa shape index (κ3) is 8.23. The van der Waals surface area contributed by atoms with Gasteiger partial charge in [0.15, 0.2) is 0 Å². The predicted molar refractivity (Wildman–Crippen MR) is 339 cm³/mol. The Morgan fingerprint density at radius 3 is 1.20 bits per heavy atom. The van der Waals surface area contributed by atoms with Gasteiger partial charge in [0, 0.05) is 66.0 Å². The normalized spacial score (nSPS) is 12.7. The third-order valence-corrected chi connectivity index (χ3v) is 16.0. The summed E-state index contributed by atoms with van der Waals surface area (Å²) < 4.78 is 9.67. The van der Waals surface area contributed by atoms with Crippen molar-refractivity contribution in [3.8, 4) is 33.9 Å². The summed E-state index contributed by atoms with van der Waals surface area (Å²) in [6.45, 7) is 4.10. The maximum Gasteiger partial charge on any atom is 0.0541 e. The molecule has 14 aromatic rings. The Morgan fingerprint density at radius 1 is 0.329 bits per heavy atom. The molecule has 4 heterocycles. The smallest absolute Gasteiger partial charge is 0.0541 e. The molecule has 1 aliphatic rings. The van der Waals surface area contributed by atoms with E-state index in [1.807, 2.05) is 0 Å². The van der Waals surface area contributed by atoms with Crippen molar-refractivity contribution in [1.29, 1.82) is 0 Å². The first kappa shape index (κ1) is 47.5. The van der Waals surface area contributed by atoms with Crippen LogP contribution in [0.4, 0.5) is 0 Å². The van der Waals surface area contributed by atoms with Gasteiger partial charge in [-0.25, -0.2) is 0 Å². The van der Waals surface area contributed by atoms with Gasteiger partial charge < -0.3 is 18.3 Å². The van der Waals surface area contributed by atoms with Gasteiger partial charge in [-0.3, -0.25) is 0 Å². The van der Waals surface area contributed by atoms with Gasteiger partial charge in [0.25, 0.3) is 0 Å². The van der Waals surface area contributed by atoms with Crippen LogP contribution in [0.15, 0.2) is 267 Å². The van der Waals surface area contributed by atoms with Crippen LogP contribution in [-0.4, -0.2) is 18.3 Å². The van der Waals surface area contributed by atoms with Crippen molar-refractivity contribution < 1.29 is 0 Å². The molecule has 0 spiro atoms. The van der Waals surface area contributed by atoms with E-state index in [1.54, 1.807) is 0 Å². The second kappa shape index (κ2) is 20.2. The molecule has 0 aliphatic heterocycles. The third-order valence-electron chi connectivity index (χ3n) is 16.0. The molecular weight excluding hydrogens is 957 g/mol. The van der Waals surface area contributed by atoms with Gasteiger partial charge in [0.05, 0.1) is 44.3 Å². The number of aromatic nitrogens is 4. The van der Waals surface area contributed by atoms with Crippen LogP contribution in [0.2, 0.25) is 0 Å². The number of unbranched alkanes of at least 4 members (excludes halogenated alkanes) is 1. The summed E-state index contributed by atoms with van der Waals surface area (Å²) in [5.74, 6) is 0. The Morgan fingerprint density at radius 2 is 0.709 bits per heavy atom. The molecule has 1 aliphatic carbocycles. The molecule has 0 saturated heterocycles. The largest absolute Gasteiger partial charge is 0.309 e. The fourth-order valence-electron chi connectivity index (χ4n) is 12.4. The van der Waals surface area contributed by atoms with Crippen LogP contribution in [0.25, 0.3) is 128 Å². The first-order valence-corrected chi connectivity index (χ1v) is 27.7. The number of rotatable bonds is 9. The van der Waals surface area contributed by atoms with Crippen molar-refractivity contribution in [1.82, 2.24) is 18.3 Å². The summed E-state index contributed by atoms with van der Waals surface area (Å²) in [6.07, 6.45) is 18.9. The van der Waals surface area contributed by atoms with Crippen LogP contribution < -0.4 is 0 Å². The molecule has 0 unspecified atom stereocenters. The van der Waals surface area contributed by atoms with Crippen LogP contribution in [0, 0.1) is 0 Å². The Balaban J connectivity index is 0.000000658. The lowest BCUT2D eigenvalue weighted by Crippen LogP contribution is -2.00.